The first-order chi connectivity index (χ1) is 8.10. The highest BCUT2D eigenvalue weighted by Gasteiger charge is 2.07. The second-order valence-electron chi connectivity index (χ2n) is 4.22. The lowest BCUT2D eigenvalue weighted by Crippen LogP contribution is -1.96. The first-order valence-corrected chi connectivity index (χ1v) is 5.76. The number of hydrogen-bond acceptors (Lipinski definition) is 3. The summed E-state index contributed by atoms with van der Waals surface area (Å²) >= 11 is 0. The summed E-state index contributed by atoms with van der Waals surface area (Å²) in [6.45, 7) is 4.14. The van der Waals surface area contributed by atoms with Gasteiger partial charge >= 0.3 is 0 Å². The number of benzene rings is 1. The molecule has 0 saturated carbocycles. The average molecular weight is 230 g/mol. The van der Waals surface area contributed by atoms with E-state index in [0.29, 0.717) is 0 Å². The molecule has 2 aromatic rings. The molecular formula is C13H18N4. The van der Waals surface area contributed by atoms with Crippen molar-refractivity contribution >= 4 is 17.1 Å². The third kappa shape index (κ3) is 2.41. The molecule has 0 unspecified atom stereocenters. The zero-order valence-corrected chi connectivity index (χ0v) is 10.5. The minimum absolute atomic E-state index is 0.787. The van der Waals surface area contributed by atoms with E-state index in [-0.39, 0.29) is 0 Å². The molecule has 1 heterocycles. The minimum atomic E-state index is 0.787. The summed E-state index contributed by atoms with van der Waals surface area (Å²) in [5.74, 6) is 0. The van der Waals surface area contributed by atoms with Gasteiger partial charge in [-0.15, -0.1) is 0 Å². The predicted molar refractivity (Wildman–Crippen MR) is 71.5 cm³/mol. The van der Waals surface area contributed by atoms with E-state index in [1.165, 1.54) is 0 Å². The van der Waals surface area contributed by atoms with Gasteiger partial charge in [-0.05, 0) is 37.1 Å². The van der Waals surface area contributed by atoms with Crippen molar-refractivity contribution in [2.75, 3.05) is 11.1 Å². The molecule has 0 saturated heterocycles. The second kappa shape index (κ2) is 4.49. The van der Waals surface area contributed by atoms with Crippen molar-refractivity contribution in [1.29, 1.82) is 0 Å². The number of nitrogens with zero attached hydrogens (tertiary/aromatic N) is 2. The Morgan fingerprint density at radius 3 is 2.76 bits per heavy atom. The zero-order chi connectivity index (χ0) is 12.4. The summed E-state index contributed by atoms with van der Waals surface area (Å²) < 4.78 is 1.83. The van der Waals surface area contributed by atoms with Crippen molar-refractivity contribution in [1.82, 2.24) is 9.78 Å². The summed E-state index contributed by atoms with van der Waals surface area (Å²) in [5, 5.41) is 7.80. The number of nitrogens with one attached hydrogen (secondary N) is 1. The largest absolute Gasteiger partial charge is 0.399 e. The van der Waals surface area contributed by atoms with E-state index < -0.39 is 0 Å². The fourth-order valence-electron chi connectivity index (χ4n) is 1.87. The Bertz CT molecular complexity index is 528. The summed E-state index contributed by atoms with van der Waals surface area (Å²) in [7, 11) is 1.93. The molecule has 0 aliphatic heterocycles. The molecular weight excluding hydrogens is 212 g/mol. The third-order valence-corrected chi connectivity index (χ3v) is 2.76. The summed E-state index contributed by atoms with van der Waals surface area (Å²) in [5.41, 5.74) is 10.9. The number of hydrogen-bond donors (Lipinski definition) is 2. The van der Waals surface area contributed by atoms with Gasteiger partial charge in [0.15, 0.2) is 0 Å². The predicted octanol–water partition coefficient (Wildman–Crippen LogP) is 2.62. The fraction of sp³-hybridized carbons (Fsp3) is 0.308. The SMILES string of the molecule is CCc1nn(C)cc1Nc1ccc(N)cc1C. The number of aromatic nitrogens is 2. The second-order valence-corrected chi connectivity index (χ2v) is 4.22. The van der Waals surface area contributed by atoms with Crippen LogP contribution in [0.1, 0.15) is 18.2 Å². The monoisotopic (exact) mass is 230 g/mol. The van der Waals surface area contributed by atoms with E-state index in [2.05, 4.69) is 17.3 Å². The molecule has 0 bridgehead atoms. The normalized spacial score (nSPS) is 10.5. The van der Waals surface area contributed by atoms with Crippen molar-refractivity contribution in [2.24, 2.45) is 7.05 Å². The number of rotatable bonds is 3. The van der Waals surface area contributed by atoms with Crippen molar-refractivity contribution in [3.8, 4) is 0 Å². The molecule has 4 nitrogen and oxygen atoms in total. The van der Waals surface area contributed by atoms with Gasteiger partial charge < -0.3 is 11.1 Å². The Labute approximate surface area is 101 Å². The fourth-order valence-corrected chi connectivity index (χ4v) is 1.87. The van der Waals surface area contributed by atoms with Gasteiger partial charge in [-0.3, -0.25) is 4.68 Å². The van der Waals surface area contributed by atoms with Crippen LogP contribution in [0.2, 0.25) is 0 Å². The quantitative estimate of drug-likeness (QED) is 0.797. The molecule has 0 aliphatic carbocycles. The van der Waals surface area contributed by atoms with E-state index in [1.54, 1.807) is 0 Å². The Balaban J connectivity index is 2.30. The molecule has 4 heteroatoms. The van der Waals surface area contributed by atoms with Gasteiger partial charge in [0.2, 0.25) is 0 Å². The highest BCUT2D eigenvalue weighted by atomic mass is 15.3. The van der Waals surface area contributed by atoms with Crippen LogP contribution >= 0.6 is 0 Å². The van der Waals surface area contributed by atoms with Gasteiger partial charge in [-0.25, -0.2) is 0 Å². The molecule has 2 rings (SSSR count). The molecule has 3 N–H and O–H groups in total. The van der Waals surface area contributed by atoms with Gasteiger partial charge in [0.1, 0.15) is 0 Å². The molecule has 1 aromatic heterocycles. The van der Waals surface area contributed by atoms with Crippen LogP contribution < -0.4 is 11.1 Å². The van der Waals surface area contributed by atoms with Crippen LogP contribution in [0.5, 0.6) is 0 Å². The summed E-state index contributed by atoms with van der Waals surface area (Å²) in [6, 6.07) is 5.86. The van der Waals surface area contributed by atoms with E-state index in [0.717, 1.165) is 34.7 Å². The maximum Gasteiger partial charge on any atom is 0.0856 e. The van der Waals surface area contributed by atoms with Gasteiger partial charge in [0.05, 0.1) is 11.4 Å². The first-order valence-electron chi connectivity index (χ1n) is 5.76. The van der Waals surface area contributed by atoms with Crippen LogP contribution in [0, 0.1) is 6.92 Å². The molecule has 0 fully saturated rings. The molecule has 90 valence electrons. The van der Waals surface area contributed by atoms with Gasteiger partial charge in [-0.2, -0.15) is 5.10 Å². The van der Waals surface area contributed by atoms with Crippen LogP contribution in [0.3, 0.4) is 0 Å². The number of aryl methyl sites for hydroxylation is 3. The first kappa shape index (κ1) is 11.5. The van der Waals surface area contributed by atoms with E-state index in [4.69, 9.17) is 5.73 Å². The van der Waals surface area contributed by atoms with Crippen molar-refractivity contribution < 1.29 is 0 Å². The maximum atomic E-state index is 5.74. The Morgan fingerprint density at radius 2 is 2.12 bits per heavy atom. The number of anilines is 3. The van der Waals surface area contributed by atoms with Crippen LogP contribution in [0.25, 0.3) is 0 Å². The van der Waals surface area contributed by atoms with E-state index >= 15 is 0 Å². The molecule has 0 amide bonds. The topological polar surface area (TPSA) is 55.9 Å². The lowest BCUT2D eigenvalue weighted by Gasteiger charge is -2.09. The molecule has 0 spiro atoms. The zero-order valence-electron chi connectivity index (χ0n) is 10.5. The van der Waals surface area contributed by atoms with Gasteiger partial charge in [-0.1, -0.05) is 6.92 Å². The third-order valence-electron chi connectivity index (χ3n) is 2.76. The molecule has 17 heavy (non-hydrogen) atoms. The van der Waals surface area contributed by atoms with E-state index in [1.807, 2.05) is 43.0 Å². The van der Waals surface area contributed by atoms with Crippen molar-refractivity contribution in [3.05, 3.63) is 35.7 Å². The van der Waals surface area contributed by atoms with Crippen LogP contribution in [-0.4, -0.2) is 9.78 Å². The Morgan fingerprint density at radius 1 is 1.35 bits per heavy atom. The standard InChI is InChI=1S/C13H18N4/c1-4-11-13(8-17(3)16-11)15-12-6-5-10(14)7-9(12)2/h5-8,15H,4,14H2,1-3H3. The molecule has 0 aliphatic rings. The summed E-state index contributed by atoms with van der Waals surface area (Å²) in [4.78, 5) is 0. The van der Waals surface area contributed by atoms with Gasteiger partial charge in [0, 0.05) is 24.6 Å². The molecule has 1 aromatic carbocycles. The number of nitrogens with two attached hydrogens (primary N) is 1. The number of nitrogen functional groups attached to an aromatic ring is 1. The summed E-state index contributed by atoms with van der Waals surface area (Å²) in [6.07, 6.45) is 2.91. The Hall–Kier alpha value is -1.97. The van der Waals surface area contributed by atoms with Crippen LogP contribution in [0.15, 0.2) is 24.4 Å². The van der Waals surface area contributed by atoms with Crippen molar-refractivity contribution in [2.45, 2.75) is 20.3 Å². The highest BCUT2D eigenvalue weighted by molar-refractivity contribution is 5.66. The lowest BCUT2D eigenvalue weighted by atomic mass is 10.1. The maximum absolute atomic E-state index is 5.74. The molecule has 0 radical (unpaired) electrons. The highest BCUT2D eigenvalue weighted by Crippen LogP contribution is 2.24. The van der Waals surface area contributed by atoms with Gasteiger partial charge in [0.25, 0.3) is 0 Å². The average Bonchev–Trinajstić information content (AvgIpc) is 2.63. The Kier molecular flexibility index (Phi) is 3.04. The van der Waals surface area contributed by atoms with E-state index in [9.17, 15) is 0 Å². The molecule has 0 atom stereocenters. The smallest absolute Gasteiger partial charge is 0.0856 e. The minimum Gasteiger partial charge on any atom is -0.399 e. The van der Waals surface area contributed by atoms with Crippen LogP contribution in [0.4, 0.5) is 17.1 Å². The van der Waals surface area contributed by atoms with Crippen LogP contribution in [-0.2, 0) is 13.5 Å². The lowest BCUT2D eigenvalue weighted by molar-refractivity contribution is 0.746. The van der Waals surface area contributed by atoms with Crippen molar-refractivity contribution in [3.63, 3.8) is 0 Å².